The maximum absolute atomic E-state index is 12.2. The molecule has 0 aromatic carbocycles. The van der Waals surface area contributed by atoms with Crippen LogP contribution in [0.15, 0.2) is 23.8 Å². The number of rotatable bonds is 0. The second kappa shape index (κ2) is 4.08. The van der Waals surface area contributed by atoms with Gasteiger partial charge in [0.2, 0.25) is 0 Å². The molecule has 0 aromatic rings. The van der Waals surface area contributed by atoms with Crippen molar-refractivity contribution in [2.24, 2.45) is 28.6 Å². The van der Waals surface area contributed by atoms with Crippen molar-refractivity contribution in [2.45, 2.75) is 58.8 Å². The molecule has 0 spiro atoms. The smallest absolute Gasteiger partial charge is 0.181 e. The van der Waals surface area contributed by atoms with Crippen molar-refractivity contribution in [3.63, 3.8) is 0 Å². The van der Waals surface area contributed by atoms with E-state index in [2.05, 4.69) is 26.0 Å². The third kappa shape index (κ3) is 1.53. The highest BCUT2D eigenvalue weighted by molar-refractivity contribution is 6.06. The standard InChI is InChI=1S/C19H26O/c1-18-10-3-5-14(18)13-7-8-16-17(20)6-4-11-19(16,2)15(13)9-12-18/h4,6,8,13-15H,3,5,7,9-12H2,1-2H3/t13-,14-,15-,18-,19+/m0/s1. The summed E-state index contributed by atoms with van der Waals surface area (Å²) < 4.78 is 0. The van der Waals surface area contributed by atoms with Crippen LogP contribution in [0.5, 0.6) is 0 Å². The van der Waals surface area contributed by atoms with E-state index in [-0.39, 0.29) is 11.2 Å². The lowest BCUT2D eigenvalue weighted by molar-refractivity contribution is -0.114. The van der Waals surface area contributed by atoms with E-state index in [1.54, 1.807) is 6.08 Å². The molecular formula is C19H26O. The molecule has 1 heteroatoms. The molecule has 2 saturated carbocycles. The van der Waals surface area contributed by atoms with E-state index < -0.39 is 0 Å². The van der Waals surface area contributed by atoms with Gasteiger partial charge < -0.3 is 0 Å². The molecule has 4 aliphatic carbocycles. The highest BCUT2D eigenvalue weighted by atomic mass is 16.1. The van der Waals surface area contributed by atoms with Gasteiger partial charge in [-0.15, -0.1) is 0 Å². The number of carbonyl (C=O) groups excluding carboxylic acids is 1. The van der Waals surface area contributed by atoms with Gasteiger partial charge in [0.1, 0.15) is 0 Å². The Morgan fingerprint density at radius 2 is 2.00 bits per heavy atom. The van der Waals surface area contributed by atoms with Gasteiger partial charge in [-0.25, -0.2) is 0 Å². The van der Waals surface area contributed by atoms with E-state index in [1.165, 1.54) is 32.1 Å². The average Bonchev–Trinajstić information content (AvgIpc) is 2.80. The maximum Gasteiger partial charge on any atom is 0.181 e. The molecule has 0 N–H and O–H groups in total. The molecule has 0 unspecified atom stereocenters. The van der Waals surface area contributed by atoms with Gasteiger partial charge in [0, 0.05) is 11.0 Å². The van der Waals surface area contributed by atoms with Gasteiger partial charge in [-0.2, -0.15) is 0 Å². The summed E-state index contributed by atoms with van der Waals surface area (Å²) in [5.41, 5.74) is 1.89. The number of allylic oxidation sites excluding steroid dienone is 4. The molecule has 0 aliphatic heterocycles. The van der Waals surface area contributed by atoms with Gasteiger partial charge in [0.15, 0.2) is 5.78 Å². The summed E-state index contributed by atoms with van der Waals surface area (Å²) in [7, 11) is 0. The molecule has 1 nitrogen and oxygen atoms in total. The quantitative estimate of drug-likeness (QED) is 0.624. The van der Waals surface area contributed by atoms with Crippen LogP contribution in [0.3, 0.4) is 0 Å². The lowest BCUT2D eigenvalue weighted by Gasteiger charge is -2.55. The van der Waals surface area contributed by atoms with Gasteiger partial charge in [-0.1, -0.05) is 32.4 Å². The molecule has 2 fully saturated rings. The fourth-order valence-electron chi connectivity index (χ4n) is 6.23. The second-order valence-corrected chi connectivity index (χ2v) is 8.20. The Morgan fingerprint density at radius 3 is 2.85 bits per heavy atom. The van der Waals surface area contributed by atoms with Crippen molar-refractivity contribution < 1.29 is 4.79 Å². The van der Waals surface area contributed by atoms with Crippen molar-refractivity contribution >= 4 is 5.78 Å². The summed E-state index contributed by atoms with van der Waals surface area (Å²) in [6, 6.07) is 0. The average molecular weight is 270 g/mol. The Morgan fingerprint density at radius 1 is 1.15 bits per heavy atom. The first kappa shape index (κ1) is 12.9. The van der Waals surface area contributed by atoms with E-state index >= 15 is 0 Å². The molecule has 0 amide bonds. The van der Waals surface area contributed by atoms with Crippen molar-refractivity contribution in [1.82, 2.24) is 0 Å². The van der Waals surface area contributed by atoms with Crippen molar-refractivity contribution in [3.8, 4) is 0 Å². The molecule has 0 saturated heterocycles. The summed E-state index contributed by atoms with van der Waals surface area (Å²) in [5.74, 6) is 2.78. The molecule has 108 valence electrons. The summed E-state index contributed by atoms with van der Waals surface area (Å²) in [5, 5.41) is 0. The first-order chi connectivity index (χ1) is 9.55. The van der Waals surface area contributed by atoms with Crippen LogP contribution in [0.25, 0.3) is 0 Å². The first-order valence-electron chi connectivity index (χ1n) is 8.46. The van der Waals surface area contributed by atoms with Crippen LogP contribution < -0.4 is 0 Å². The first-order valence-corrected chi connectivity index (χ1v) is 8.46. The van der Waals surface area contributed by atoms with Crippen LogP contribution in [-0.4, -0.2) is 5.78 Å². The summed E-state index contributed by atoms with van der Waals surface area (Å²) in [4.78, 5) is 12.2. The molecule has 0 aromatic heterocycles. The van der Waals surface area contributed by atoms with Crippen molar-refractivity contribution in [2.75, 3.05) is 0 Å². The fraction of sp³-hybridized carbons (Fsp3) is 0.737. The number of ketones is 1. The highest BCUT2D eigenvalue weighted by Crippen LogP contribution is 2.63. The molecule has 4 rings (SSSR count). The van der Waals surface area contributed by atoms with Crippen LogP contribution in [0.1, 0.15) is 58.8 Å². The maximum atomic E-state index is 12.2. The third-order valence-corrected chi connectivity index (χ3v) is 7.32. The normalized spacial score (nSPS) is 50.2. The lowest BCUT2D eigenvalue weighted by Crippen LogP contribution is -2.48. The minimum absolute atomic E-state index is 0.138. The van der Waals surface area contributed by atoms with E-state index in [1.807, 2.05) is 0 Å². The van der Waals surface area contributed by atoms with E-state index in [0.717, 1.165) is 36.2 Å². The zero-order chi connectivity index (χ0) is 14.0. The molecule has 0 radical (unpaired) electrons. The third-order valence-electron chi connectivity index (χ3n) is 7.32. The van der Waals surface area contributed by atoms with Crippen LogP contribution in [0, 0.1) is 28.6 Å². The number of carbonyl (C=O) groups is 1. The molecule has 0 bridgehead atoms. The van der Waals surface area contributed by atoms with Crippen LogP contribution in [0.2, 0.25) is 0 Å². The molecule has 20 heavy (non-hydrogen) atoms. The predicted molar refractivity (Wildman–Crippen MR) is 81.2 cm³/mol. The number of hydrogen-bond acceptors (Lipinski definition) is 1. The Hall–Kier alpha value is -0.850. The summed E-state index contributed by atoms with van der Waals surface area (Å²) in [6.45, 7) is 4.91. The predicted octanol–water partition coefficient (Wildman–Crippen LogP) is 4.68. The topological polar surface area (TPSA) is 17.1 Å². The van der Waals surface area contributed by atoms with Gasteiger partial charge >= 0.3 is 0 Å². The fourth-order valence-corrected chi connectivity index (χ4v) is 6.23. The van der Waals surface area contributed by atoms with Gasteiger partial charge in [-0.05, 0) is 67.8 Å². The number of fused-ring (bicyclic) bond motifs is 5. The second-order valence-electron chi connectivity index (χ2n) is 8.20. The molecule has 0 heterocycles. The van der Waals surface area contributed by atoms with Crippen LogP contribution >= 0.6 is 0 Å². The molecule has 5 atom stereocenters. The molecule has 4 aliphatic rings. The Labute approximate surface area is 122 Å². The summed E-state index contributed by atoms with van der Waals surface area (Å²) in [6.07, 6.45) is 15.5. The van der Waals surface area contributed by atoms with E-state index in [9.17, 15) is 4.79 Å². The largest absolute Gasteiger partial charge is 0.290 e. The van der Waals surface area contributed by atoms with Gasteiger partial charge in [0.25, 0.3) is 0 Å². The van der Waals surface area contributed by atoms with Gasteiger partial charge in [0.05, 0.1) is 0 Å². The van der Waals surface area contributed by atoms with Gasteiger partial charge in [-0.3, -0.25) is 4.79 Å². The van der Waals surface area contributed by atoms with E-state index in [4.69, 9.17) is 0 Å². The zero-order valence-corrected chi connectivity index (χ0v) is 12.8. The summed E-state index contributed by atoms with van der Waals surface area (Å²) >= 11 is 0. The molecular weight excluding hydrogens is 244 g/mol. The monoisotopic (exact) mass is 270 g/mol. The van der Waals surface area contributed by atoms with Crippen LogP contribution in [-0.2, 0) is 4.79 Å². The Bertz CT molecular complexity index is 514. The minimum Gasteiger partial charge on any atom is -0.290 e. The van der Waals surface area contributed by atoms with Crippen LogP contribution in [0.4, 0.5) is 0 Å². The highest BCUT2D eigenvalue weighted by Gasteiger charge is 2.55. The number of hydrogen-bond donors (Lipinski definition) is 0. The Balaban J connectivity index is 1.74. The van der Waals surface area contributed by atoms with Crippen molar-refractivity contribution in [1.29, 1.82) is 0 Å². The zero-order valence-electron chi connectivity index (χ0n) is 12.8. The SMILES string of the molecule is C[C@@]12CCC[C@H]1[C@@H]1CC=C3C(=O)C=CC[C@]3(C)[C@H]1CC2. The Kier molecular flexibility index (Phi) is 2.63. The van der Waals surface area contributed by atoms with Crippen molar-refractivity contribution in [3.05, 3.63) is 23.8 Å². The lowest BCUT2D eigenvalue weighted by atomic mass is 9.49. The minimum atomic E-state index is 0.138. The van der Waals surface area contributed by atoms with E-state index in [0.29, 0.717) is 5.41 Å².